The molecule has 1 aliphatic carbocycles. The van der Waals surface area contributed by atoms with Gasteiger partial charge in [-0.1, -0.05) is 43.7 Å². The molecule has 0 fully saturated rings. The zero-order valence-corrected chi connectivity index (χ0v) is 12.9. The molecule has 1 aromatic heterocycles. The fourth-order valence-corrected chi connectivity index (χ4v) is 3.17. The predicted octanol–water partition coefficient (Wildman–Crippen LogP) is 4.54. The van der Waals surface area contributed by atoms with E-state index in [1.165, 1.54) is 16.8 Å². The number of benzene rings is 1. The second kappa shape index (κ2) is 5.33. The molecule has 0 radical (unpaired) electrons. The summed E-state index contributed by atoms with van der Waals surface area (Å²) in [7, 11) is 0. The van der Waals surface area contributed by atoms with Crippen LogP contribution in [0.4, 0.5) is 0 Å². The van der Waals surface area contributed by atoms with Crippen LogP contribution in [0.5, 0.6) is 0 Å². The minimum Gasteiger partial charge on any atom is -0.256 e. The number of nitriles is 1. The largest absolute Gasteiger partial charge is 0.256 e. The predicted molar refractivity (Wildman–Crippen MR) is 85.2 cm³/mol. The molecule has 0 spiro atoms. The third kappa shape index (κ3) is 2.34. The van der Waals surface area contributed by atoms with Crippen LogP contribution in [-0.4, -0.2) is 4.98 Å². The van der Waals surface area contributed by atoms with E-state index in [1.807, 2.05) is 0 Å². The molecule has 0 atom stereocenters. The van der Waals surface area contributed by atoms with Gasteiger partial charge in [-0.3, -0.25) is 4.98 Å². The fourth-order valence-electron chi connectivity index (χ4n) is 3.17. The van der Waals surface area contributed by atoms with Crippen LogP contribution in [0.1, 0.15) is 54.3 Å². The lowest BCUT2D eigenvalue weighted by atomic mass is 9.90. The lowest BCUT2D eigenvalue weighted by molar-refractivity contribution is 0.803. The van der Waals surface area contributed by atoms with Gasteiger partial charge >= 0.3 is 0 Å². The van der Waals surface area contributed by atoms with Crippen LogP contribution in [-0.2, 0) is 12.8 Å². The molecule has 21 heavy (non-hydrogen) atoms. The van der Waals surface area contributed by atoms with Crippen molar-refractivity contribution in [2.45, 2.75) is 46.0 Å². The summed E-state index contributed by atoms with van der Waals surface area (Å²) in [6.45, 7) is 6.32. The molecule has 0 saturated carbocycles. The maximum Gasteiger partial charge on any atom is 0.102 e. The third-order valence-corrected chi connectivity index (χ3v) is 4.25. The van der Waals surface area contributed by atoms with Gasteiger partial charge in [0.25, 0.3) is 0 Å². The summed E-state index contributed by atoms with van der Waals surface area (Å²) in [6.07, 6.45) is 3.23. The Kier molecular flexibility index (Phi) is 3.51. The van der Waals surface area contributed by atoms with Crippen molar-refractivity contribution in [2.24, 2.45) is 0 Å². The second-order valence-corrected chi connectivity index (χ2v) is 6.16. The van der Waals surface area contributed by atoms with Crippen LogP contribution in [0.25, 0.3) is 11.1 Å². The molecule has 0 bridgehead atoms. The zero-order valence-electron chi connectivity index (χ0n) is 12.9. The Labute approximate surface area is 126 Å². The van der Waals surface area contributed by atoms with Crippen molar-refractivity contribution in [1.29, 1.82) is 5.26 Å². The van der Waals surface area contributed by atoms with E-state index in [2.05, 4.69) is 51.1 Å². The van der Waals surface area contributed by atoms with Crippen LogP contribution in [0.3, 0.4) is 0 Å². The maximum absolute atomic E-state index is 9.71. The number of hydrogen-bond acceptors (Lipinski definition) is 2. The lowest BCUT2D eigenvalue weighted by Crippen LogP contribution is -2.05. The molecule has 0 aliphatic heterocycles. The van der Waals surface area contributed by atoms with Gasteiger partial charge in [-0.25, -0.2) is 0 Å². The van der Waals surface area contributed by atoms with Crippen LogP contribution >= 0.6 is 0 Å². The molecule has 0 amide bonds. The number of nitrogens with zero attached hydrogens (tertiary/aromatic N) is 2. The monoisotopic (exact) mass is 276 g/mol. The SMILES string of the molecule is Cc1ccc(-c2c(C#N)c(C(C)C)nc3c2CCC3)cc1. The van der Waals surface area contributed by atoms with Gasteiger partial charge in [0.2, 0.25) is 0 Å². The van der Waals surface area contributed by atoms with Crippen LogP contribution in [0.2, 0.25) is 0 Å². The average Bonchev–Trinajstić information content (AvgIpc) is 2.94. The van der Waals surface area contributed by atoms with E-state index in [9.17, 15) is 5.26 Å². The van der Waals surface area contributed by atoms with Crippen LogP contribution in [0, 0.1) is 18.3 Å². The summed E-state index contributed by atoms with van der Waals surface area (Å²) < 4.78 is 0. The molecule has 106 valence electrons. The van der Waals surface area contributed by atoms with Crippen LogP contribution < -0.4 is 0 Å². The first-order valence-corrected chi connectivity index (χ1v) is 7.64. The number of fused-ring (bicyclic) bond motifs is 1. The van der Waals surface area contributed by atoms with Gasteiger partial charge in [-0.15, -0.1) is 0 Å². The molecule has 0 saturated heterocycles. The third-order valence-electron chi connectivity index (χ3n) is 4.25. The first kappa shape index (κ1) is 13.8. The Bertz CT molecular complexity index is 719. The fraction of sp³-hybridized carbons (Fsp3) is 0.368. The van der Waals surface area contributed by atoms with Crippen molar-refractivity contribution in [1.82, 2.24) is 4.98 Å². The molecule has 2 aromatic rings. The van der Waals surface area contributed by atoms with E-state index in [0.717, 1.165) is 41.6 Å². The summed E-state index contributed by atoms with van der Waals surface area (Å²) in [4.78, 5) is 4.80. The van der Waals surface area contributed by atoms with E-state index in [0.29, 0.717) is 0 Å². The highest BCUT2D eigenvalue weighted by molar-refractivity contribution is 5.76. The minimum absolute atomic E-state index is 0.273. The number of aryl methyl sites for hydroxylation is 2. The van der Waals surface area contributed by atoms with Crippen molar-refractivity contribution in [3.8, 4) is 17.2 Å². The van der Waals surface area contributed by atoms with E-state index >= 15 is 0 Å². The number of rotatable bonds is 2. The van der Waals surface area contributed by atoms with Crippen molar-refractivity contribution in [2.75, 3.05) is 0 Å². The number of aromatic nitrogens is 1. The van der Waals surface area contributed by atoms with Crippen molar-refractivity contribution < 1.29 is 0 Å². The second-order valence-electron chi connectivity index (χ2n) is 6.16. The van der Waals surface area contributed by atoms with Gasteiger partial charge in [0.05, 0.1) is 11.3 Å². The van der Waals surface area contributed by atoms with Gasteiger partial charge in [-0.05, 0) is 43.2 Å². The topological polar surface area (TPSA) is 36.7 Å². The maximum atomic E-state index is 9.71. The molecule has 1 aromatic carbocycles. The van der Waals surface area contributed by atoms with Gasteiger partial charge in [0.15, 0.2) is 0 Å². The average molecular weight is 276 g/mol. The number of pyridine rings is 1. The summed E-state index contributed by atoms with van der Waals surface area (Å²) in [6, 6.07) is 10.9. The smallest absolute Gasteiger partial charge is 0.102 e. The Hall–Kier alpha value is -2.14. The van der Waals surface area contributed by atoms with Crippen LogP contribution in [0.15, 0.2) is 24.3 Å². The van der Waals surface area contributed by atoms with Gasteiger partial charge in [-0.2, -0.15) is 5.26 Å². The van der Waals surface area contributed by atoms with E-state index in [4.69, 9.17) is 4.98 Å². The Morgan fingerprint density at radius 1 is 1.14 bits per heavy atom. The lowest BCUT2D eigenvalue weighted by Gasteiger charge is -2.16. The standard InChI is InChI=1S/C19H20N2/c1-12(2)19-16(11-20)18(14-9-7-13(3)8-10-14)15-5-4-6-17(15)21-19/h7-10,12H,4-6H2,1-3H3. The molecular weight excluding hydrogens is 256 g/mol. The zero-order chi connectivity index (χ0) is 15.0. The molecule has 2 nitrogen and oxygen atoms in total. The molecule has 1 aliphatic rings. The molecular formula is C19H20N2. The molecule has 3 rings (SSSR count). The van der Waals surface area contributed by atoms with Crippen molar-refractivity contribution in [3.05, 3.63) is 52.3 Å². The number of hydrogen-bond donors (Lipinski definition) is 0. The minimum atomic E-state index is 0.273. The van der Waals surface area contributed by atoms with Gasteiger partial charge in [0.1, 0.15) is 6.07 Å². The molecule has 2 heteroatoms. The molecule has 0 unspecified atom stereocenters. The van der Waals surface area contributed by atoms with E-state index in [-0.39, 0.29) is 5.92 Å². The first-order chi connectivity index (χ1) is 10.1. The Morgan fingerprint density at radius 3 is 2.48 bits per heavy atom. The summed E-state index contributed by atoms with van der Waals surface area (Å²) in [5.41, 5.74) is 7.74. The Balaban J connectivity index is 2.32. The van der Waals surface area contributed by atoms with Crippen molar-refractivity contribution >= 4 is 0 Å². The van der Waals surface area contributed by atoms with Gasteiger partial charge in [0, 0.05) is 11.3 Å². The van der Waals surface area contributed by atoms with Crippen molar-refractivity contribution in [3.63, 3.8) is 0 Å². The Morgan fingerprint density at radius 2 is 1.86 bits per heavy atom. The highest BCUT2D eigenvalue weighted by Crippen LogP contribution is 2.37. The first-order valence-electron chi connectivity index (χ1n) is 7.64. The van der Waals surface area contributed by atoms with E-state index in [1.54, 1.807) is 0 Å². The molecule has 1 heterocycles. The highest BCUT2D eigenvalue weighted by atomic mass is 14.7. The summed E-state index contributed by atoms with van der Waals surface area (Å²) >= 11 is 0. The summed E-state index contributed by atoms with van der Waals surface area (Å²) in [5.74, 6) is 0.273. The normalized spacial score (nSPS) is 13.3. The summed E-state index contributed by atoms with van der Waals surface area (Å²) in [5, 5.41) is 9.71. The molecule has 0 N–H and O–H groups in total. The van der Waals surface area contributed by atoms with E-state index < -0.39 is 0 Å². The van der Waals surface area contributed by atoms with Gasteiger partial charge < -0.3 is 0 Å². The highest BCUT2D eigenvalue weighted by Gasteiger charge is 2.24. The quantitative estimate of drug-likeness (QED) is 0.807.